The highest BCUT2D eigenvalue weighted by atomic mass is 19.1. The number of aliphatic hydroxyl groups is 1. The second kappa shape index (κ2) is 8.25. The first kappa shape index (κ1) is 17.6. The second-order valence-corrected chi connectivity index (χ2v) is 6.77. The zero-order valence-electron chi connectivity index (χ0n) is 14.3. The van der Waals surface area contributed by atoms with E-state index in [1.807, 2.05) is 0 Å². The third-order valence-electron chi connectivity index (χ3n) is 5.12. The zero-order chi connectivity index (χ0) is 16.9. The molecule has 1 N–H and O–H groups in total. The Morgan fingerprint density at radius 1 is 1.21 bits per heavy atom. The molecule has 2 heterocycles. The van der Waals surface area contributed by atoms with Crippen LogP contribution >= 0.6 is 0 Å². The minimum atomic E-state index is -0.242. The highest BCUT2D eigenvalue weighted by Gasteiger charge is 2.34. The van der Waals surface area contributed by atoms with Crippen LogP contribution in [0.15, 0.2) is 18.2 Å². The van der Waals surface area contributed by atoms with Crippen LogP contribution in [0, 0.1) is 17.7 Å². The van der Waals surface area contributed by atoms with E-state index in [1.165, 1.54) is 6.07 Å². The predicted molar refractivity (Wildman–Crippen MR) is 89.6 cm³/mol. The lowest BCUT2D eigenvalue weighted by Gasteiger charge is -2.30. The number of likely N-dealkylation sites (tertiary alicyclic amines) is 1. The van der Waals surface area contributed by atoms with E-state index in [0.29, 0.717) is 18.2 Å². The molecule has 2 aliphatic heterocycles. The van der Waals surface area contributed by atoms with Crippen molar-refractivity contribution in [2.24, 2.45) is 11.8 Å². The van der Waals surface area contributed by atoms with Crippen molar-refractivity contribution >= 4 is 0 Å². The summed E-state index contributed by atoms with van der Waals surface area (Å²) in [6.45, 7) is 7.11. The van der Waals surface area contributed by atoms with Crippen LogP contribution in [0.2, 0.25) is 0 Å². The molecule has 1 aromatic carbocycles. The van der Waals surface area contributed by atoms with Crippen LogP contribution < -0.4 is 4.74 Å². The van der Waals surface area contributed by atoms with Crippen LogP contribution in [0.4, 0.5) is 4.39 Å². The molecule has 0 unspecified atom stereocenters. The Morgan fingerprint density at radius 3 is 2.67 bits per heavy atom. The third-order valence-corrected chi connectivity index (χ3v) is 5.12. The maximum absolute atomic E-state index is 13.6. The predicted octanol–water partition coefficient (Wildman–Crippen LogP) is 1.21. The van der Waals surface area contributed by atoms with E-state index in [1.54, 1.807) is 19.2 Å². The lowest BCUT2D eigenvalue weighted by molar-refractivity contribution is 0.0264. The van der Waals surface area contributed by atoms with E-state index in [0.717, 1.165) is 51.5 Å². The van der Waals surface area contributed by atoms with Crippen molar-refractivity contribution in [2.75, 3.05) is 59.7 Å². The monoisotopic (exact) mass is 338 g/mol. The Balaban J connectivity index is 1.62. The van der Waals surface area contributed by atoms with Gasteiger partial charge in [-0.15, -0.1) is 0 Å². The van der Waals surface area contributed by atoms with E-state index < -0.39 is 0 Å². The number of halogens is 1. The Hall–Kier alpha value is -1.21. The molecule has 0 spiro atoms. The lowest BCUT2D eigenvalue weighted by atomic mass is 9.96. The number of nitrogens with zero attached hydrogens (tertiary/aromatic N) is 2. The number of methoxy groups -OCH3 is 1. The molecule has 24 heavy (non-hydrogen) atoms. The average Bonchev–Trinajstić information content (AvgIpc) is 2.97. The van der Waals surface area contributed by atoms with Crippen LogP contribution in [0.1, 0.15) is 5.56 Å². The van der Waals surface area contributed by atoms with Crippen LogP contribution in [-0.2, 0) is 11.3 Å². The van der Waals surface area contributed by atoms with Gasteiger partial charge in [-0.05, 0) is 30.0 Å². The van der Waals surface area contributed by atoms with Gasteiger partial charge in [0.15, 0.2) is 0 Å². The molecule has 0 bridgehead atoms. The summed E-state index contributed by atoms with van der Waals surface area (Å²) >= 11 is 0. The fraction of sp³-hybridized carbons (Fsp3) is 0.667. The van der Waals surface area contributed by atoms with Crippen molar-refractivity contribution in [3.05, 3.63) is 29.6 Å². The summed E-state index contributed by atoms with van der Waals surface area (Å²) < 4.78 is 24.3. The number of benzene rings is 1. The summed E-state index contributed by atoms with van der Waals surface area (Å²) in [7, 11) is 1.61. The highest BCUT2D eigenvalue weighted by Crippen LogP contribution is 2.28. The standard InChI is InChI=1S/C18H27FN2O3/c1-23-18-3-2-17(19)8-14(18)9-21-11-15(16(12-21)13-22)10-20-4-6-24-7-5-20/h2-3,8,15-16,22H,4-7,9-13H2,1H3/t15-,16-/m1/s1. The number of rotatable bonds is 6. The van der Waals surface area contributed by atoms with Gasteiger partial charge in [0.05, 0.1) is 20.3 Å². The van der Waals surface area contributed by atoms with Crippen molar-refractivity contribution in [1.29, 1.82) is 0 Å². The molecule has 0 radical (unpaired) electrons. The molecule has 5 nitrogen and oxygen atoms in total. The summed E-state index contributed by atoms with van der Waals surface area (Å²) in [5.74, 6) is 1.18. The highest BCUT2D eigenvalue weighted by molar-refractivity contribution is 5.34. The van der Waals surface area contributed by atoms with Crippen molar-refractivity contribution in [2.45, 2.75) is 6.54 Å². The summed E-state index contributed by atoms with van der Waals surface area (Å²) in [5.41, 5.74) is 0.862. The van der Waals surface area contributed by atoms with Gasteiger partial charge in [-0.1, -0.05) is 0 Å². The van der Waals surface area contributed by atoms with Crippen LogP contribution in [0.5, 0.6) is 5.75 Å². The van der Waals surface area contributed by atoms with Gasteiger partial charge in [0.2, 0.25) is 0 Å². The Morgan fingerprint density at radius 2 is 1.96 bits per heavy atom. The van der Waals surface area contributed by atoms with Gasteiger partial charge in [-0.2, -0.15) is 0 Å². The molecule has 3 rings (SSSR count). The van der Waals surface area contributed by atoms with E-state index in [-0.39, 0.29) is 18.3 Å². The minimum Gasteiger partial charge on any atom is -0.496 e. The normalized spacial score (nSPS) is 26.0. The summed E-state index contributed by atoms with van der Waals surface area (Å²) in [5, 5.41) is 9.74. The topological polar surface area (TPSA) is 45.2 Å². The molecule has 2 aliphatic rings. The number of hydrogen-bond acceptors (Lipinski definition) is 5. The minimum absolute atomic E-state index is 0.200. The van der Waals surface area contributed by atoms with E-state index in [4.69, 9.17) is 9.47 Å². The van der Waals surface area contributed by atoms with Gasteiger partial charge in [0, 0.05) is 51.4 Å². The van der Waals surface area contributed by atoms with Crippen molar-refractivity contribution < 1.29 is 19.0 Å². The molecule has 2 fully saturated rings. The smallest absolute Gasteiger partial charge is 0.123 e. The van der Waals surface area contributed by atoms with Crippen molar-refractivity contribution in [3.63, 3.8) is 0 Å². The van der Waals surface area contributed by atoms with Crippen molar-refractivity contribution in [3.8, 4) is 5.75 Å². The van der Waals surface area contributed by atoms with Gasteiger partial charge in [0.1, 0.15) is 11.6 Å². The van der Waals surface area contributed by atoms with E-state index in [2.05, 4.69) is 9.80 Å². The molecule has 1 aromatic rings. The first-order chi connectivity index (χ1) is 11.7. The number of hydrogen-bond donors (Lipinski definition) is 1. The molecule has 2 saturated heterocycles. The molecule has 0 aliphatic carbocycles. The summed E-state index contributed by atoms with van der Waals surface area (Å²) in [6.07, 6.45) is 0. The maximum atomic E-state index is 13.6. The second-order valence-electron chi connectivity index (χ2n) is 6.77. The first-order valence-electron chi connectivity index (χ1n) is 8.65. The van der Waals surface area contributed by atoms with Gasteiger partial charge in [-0.25, -0.2) is 4.39 Å². The molecule has 0 saturated carbocycles. The molecular weight excluding hydrogens is 311 g/mol. The number of ether oxygens (including phenoxy) is 2. The van der Waals surface area contributed by atoms with Crippen LogP contribution in [0.3, 0.4) is 0 Å². The Kier molecular flexibility index (Phi) is 6.05. The van der Waals surface area contributed by atoms with Crippen LogP contribution in [-0.4, -0.2) is 74.6 Å². The Bertz CT molecular complexity index is 537. The zero-order valence-corrected chi connectivity index (χ0v) is 14.3. The third kappa shape index (κ3) is 4.25. The molecule has 2 atom stereocenters. The summed E-state index contributed by atoms with van der Waals surface area (Å²) in [6, 6.07) is 4.64. The average molecular weight is 338 g/mol. The molecule has 0 aromatic heterocycles. The van der Waals surface area contributed by atoms with Gasteiger partial charge in [0.25, 0.3) is 0 Å². The van der Waals surface area contributed by atoms with E-state index >= 15 is 0 Å². The number of aliphatic hydroxyl groups excluding tert-OH is 1. The van der Waals surface area contributed by atoms with Gasteiger partial charge >= 0.3 is 0 Å². The summed E-state index contributed by atoms with van der Waals surface area (Å²) in [4.78, 5) is 4.71. The quantitative estimate of drug-likeness (QED) is 0.845. The van der Waals surface area contributed by atoms with Crippen molar-refractivity contribution in [1.82, 2.24) is 9.80 Å². The Labute approximate surface area is 143 Å². The van der Waals surface area contributed by atoms with Crippen LogP contribution in [0.25, 0.3) is 0 Å². The lowest BCUT2D eigenvalue weighted by Crippen LogP contribution is -2.41. The fourth-order valence-corrected chi connectivity index (χ4v) is 3.81. The molecule has 6 heteroatoms. The SMILES string of the molecule is COc1ccc(F)cc1CN1C[C@@H](CN2CCOCC2)[C@@H](CO)C1. The van der Waals surface area contributed by atoms with Gasteiger partial charge < -0.3 is 14.6 Å². The number of morpholine rings is 1. The van der Waals surface area contributed by atoms with Gasteiger partial charge in [-0.3, -0.25) is 9.80 Å². The first-order valence-corrected chi connectivity index (χ1v) is 8.65. The fourth-order valence-electron chi connectivity index (χ4n) is 3.81. The molecule has 134 valence electrons. The molecule has 0 amide bonds. The molecular formula is C18H27FN2O3. The largest absolute Gasteiger partial charge is 0.496 e. The van der Waals surface area contributed by atoms with E-state index in [9.17, 15) is 9.50 Å². The maximum Gasteiger partial charge on any atom is 0.123 e.